The Balaban J connectivity index is 1.64. The highest BCUT2D eigenvalue weighted by Crippen LogP contribution is 2.17. The second-order valence-electron chi connectivity index (χ2n) is 5.94. The molecule has 3 rings (SSSR count). The zero-order chi connectivity index (χ0) is 14.5. The lowest BCUT2D eigenvalue weighted by Crippen LogP contribution is -2.30. The van der Waals surface area contributed by atoms with Crippen LogP contribution in [-0.2, 0) is 6.54 Å². The first-order valence-corrected chi connectivity index (χ1v) is 8.15. The van der Waals surface area contributed by atoms with Crippen molar-refractivity contribution in [2.75, 3.05) is 19.6 Å². The lowest BCUT2D eigenvalue weighted by atomic mass is 10.1. The normalized spacial score (nSPS) is 20.5. The fraction of sp³-hybridized carbons (Fsp3) is 0.500. The first-order chi connectivity index (χ1) is 10.4. The van der Waals surface area contributed by atoms with E-state index >= 15 is 0 Å². The van der Waals surface area contributed by atoms with Gasteiger partial charge in [0, 0.05) is 24.2 Å². The van der Waals surface area contributed by atoms with Crippen molar-refractivity contribution in [2.24, 2.45) is 0 Å². The number of pyridine rings is 1. The van der Waals surface area contributed by atoms with Crippen molar-refractivity contribution in [3.8, 4) is 0 Å². The number of hydrogen-bond acceptors (Lipinski definition) is 3. The number of likely N-dealkylation sites (tertiary alicyclic amines) is 1. The number of aromatic nitrogens is 1. The minimum Gasteiger partial charge on any atom is -0.310 e. The second kappa shape index (κ2) is 7.01. The fourth-order valence-electron chi connectivity index (χ4n) is 3.24. The van der Waals surface area contributed by atoms with Crippen LogP contribution in [0.5, 0.6) is 0 Å². The Morgan fingerprint density at radius 2 is 2.10 bits per heavy atom. The van der Waals surface area contributed by atoms with Gasteiger partial charge in [0.15, 0.2) is 0 Å². The largest absolute Gasteiger partial charge is 0.310 e. The van der Waals surface area contributed by atoms with E-state index in [9.17, 15) is 0 Å². The molecule has 2 aromatic rings. The van der Waals surface area contributed by atoms with E-state index in [0.29, 0.717) is 6.04 Å². The fourth-order valence-corrected chi connectivity index (χ4v) is 3.24. The molecule has 1 atom stereocenters. The molecule has 1 aromatic carbocycles. The maximum Gasteiger partial charge on any atom is 0.0746 e. The molecule has 0 aliphatic carbocycles. The summed E-state index contributed by atoms with van der Waals surface area (Å²) >= 11 is 0. The molecule has 2 heterocycles. The van der Waals surface area contributed by atoms with Gasteiger partial charge in [0.1, 0.15) is 0 Å². The van der Waals surface area contributed by atoms with E-state index in [0.717, 1.165) is 12.1 Å². The molecule has 1 saturated heterocycles. The topological polar surface area (TPSA) is 28.2 Å². The number of hydrogen-bond donors (Lipinski definition) is 1. The number of benzene rings is 1. The molecule has 1 fully saturated rings. The lowest BCUT2D eigenvalue weighted by Gasteiger charge is -2.18. The average molecular weight is 283 g/mol. The van der Waals surface area contributed by atoms with Crippen molar-refractivity contribution in [3.05, 3.63) is 42.1 Å². The van der Waals surface area contributed by atoms with Gasteiger partial charge in [0.25, 0.3) is 0 Å². The predicted octanol–water partition coefficient (Wildman–Crippen LogP) is 3.20. The van der Waals surface area contributed by atoms with E-state index in [1.54, 1.807) is 0 Å². The van der Waals surface area contributed by atoms with Crippen LogP contribution in [0.1, 0.15) is 31.7 Å². The molecule has 3 nitrogen and oxygen atoms in total. The van der Waals surface area contributed by atoms with Crippen molar-refractivity contribution in [1.29, 1.82) is 0 Å². The van der Waals surface area contributed by atoms with Gasteiger partial charge in [-0.1, -0.05) is 31.2 Å². The summed E-state index contributed by atoms with van der Waals surface area (Å²) in [5, 5.41) is 4.98. The monoisotopic (exact) mass is 283 g/mol. The summed E-state index contributed by atoms with van der Waals surface area (Å²) in [5.74, 6) is 0. The number of para-hydroxylation sites is 1. The molecule has 0 saturated carbocycles. The summed E-state index contributed by atoms with van der Waals surface area (Å²) in [5.41, 5.74) is 2.45. The number of fused-ring (bicyclic) bond motifs is 1. The van der Waals surface area contributed by atoms with Crippen molar-refractivity contribution in [2.45, 2.75) is 38.8 Å². The number of nitrogens with one attached hydrogen (secondary N) is 1. The van der Waals surface area contributed by atoms with Crippen molar-refractivity contribution in [1.82, 2.24) is 15.2 Å². The van der Waals surface area contributed by atoms with E-state index in [4.69, 9.17) is 0 Å². The van der Waals surface area contributed by atoms with Crippen LogP contribution in [0.2, 0.25) is 0 Å². The molecular formula is C18H25N3. The molecule has 1 unspecified atom stereocenters. The van der Waals surface area contributed by atoms with Gasteiger partial charge < -0.3 is 10.2 Å². The van der Waals surface area contributed by atoms with E-state index in [1.807, 2.05) is 12.3 Å². The van der Waals surface area contributed by atoms with Gasteiger partial charge in [-0.05, 0) is 50.5 Å². The van der Waals surface area contributed by atoms with Crippen molar-refractivity contribution >= 4 is 10.9 Å². The Bertz CT molecular complexity index is 576. The molecule has 1 N–H and O–H groups in total. The Morgan fingerprint density at radius 1 is 1.19 bits per heavy atom. The molecular weight excluding hydrogens is 258 g/mol. The van der Waals surface area contributed by atoms with Crippen molar-refractivity contribution in [3.63, 3.8) is 0 Å². The Morgan fingerprint density at radius 3 is 3.00 bits per heavy atom. The molecule has 1 aromatic heterocycles. The predicted molar refractivity (Wildman–Crippen MR) is 88.3 cm³/mol. The third kappa shape index (κ3) is 3.60. The zero-order valence-electron chi connectivity index (χ0n) is 12.9. The molecule has 1 aliphatic heterocycles. The van der Waals surface area contributed by atoms with Gasteiger partial charge in [-0.15, -0.1) is 0 Å². The summed E-state index contributed by atoms with van der Waals surface area (Å²) in [4.78, 5) is 7.10. The van der Waals surface area contributed by atoms with E-state index < -0.39 is 0 Å². The standard InChI is InChI=1S/C18H25N3/c1-2-21-12-5-9-17(10-13-21)20-14-16-7-3-6-15-8-4-11-19-18(15)16/h3-4,6-8,11,17,20H,2,5,9-10,12-14H2,1H3. The number of rotatable bonds is 4. The average Bonchev–Trinajstić information content (AvgIpc) is 2.78. The first-order valence-electron chi connectivity index (χ1n) is 8.15. The summed E-state index contributed by atoms with van der Waals surface area (Å²) in [6.07, 6.45) is 5.73. The molecule has 1 aliphatic rings. The minimum absolute atomic E-state index is 0.639. The maximum absolute atomic E-state index is 4.54. The third-order valence-corrected chi connectivity index (χ3v) is 4.57. The van der Waals surface area contributed by atoms with Crippen LogP contribution in [-0.4, -0.2) is 35.6 Å². The molecule has 0 radical (unpaired) electrons. The van der Waals surface area contributed by atoms with Crippen molar-refractivity contribution < 1.29 is 0 Å². The van der Waals surface area contributed by atoms with Crippen LogP contribution in [0.25, 0.3) is 10.9 Å². The van der Waals surface area contributed by atoms with Crippen LogP contribution in [0.3, 0.4) is 0 Å². The summed E-state index contributed by atoms with van der Waals surface area (Å²) in [7, 11) is 0. The Labute approximate surface area is 127 Å². The summed E-state index contributed by atoms with van der Waals surface area (Å²) < 4.78 is 0. The first kappa shape index (κ1) is 14.5. The van der Waals surface area contributed by atoms with E-state index in [-0.39, 0.29) is 0 Å². The zero-order valence-corrected chi connectivity index (χ0v) is 12.9. The van der Waals surface area contributed by atoms with E-state index in [2.05, 4.69) is 46.4 Å². The van der Waals surface area contributed by atoms with Gasteiger partial charge in [-0.3, -0.25) is 4.98 Å². The molecule has 112 valence electrons. The maximum atomic E-state index is 4.54. The van der Waals surface area contributed by atoms with Crippen LogP contribution in [0.15, 0.2) is 36.5 Å². The highest BCUT2D eigenvalue weighted by atomic mass is 15.1. The van der Waals surface area contributed by atoms with Gasteiger partial charge in [-0.2, -0.15) is 0 Å². The van der Waals surface area contributed by atoms with Crippen LogP contribution >= 0.6 is 0 Å². The van der Waals surface area contributed by atoms with Gasteiger partial charge in [0.05, 0.1) is 5.52 Å². The smallest absolute Gasteiger partial charge is 0.0746 e. The van der Waals surface area contributed by atoms with Crippen LogP contribution < -0.4 is 5.32 Å². The number of nitrogens with zero attached hydrogens (tertiary/aromatic N) is 2. The van der Waals surface area contributed by atoms with Crippen LogP contribution in [0, 0.1) is 0 Å². The summed E-state index contributed by atoms with van der Waals surface area (Å²) in [6, 6.07) is 11.2. The van der Waals surface area contributed by atoms with Crippen LogP contribution in [0.4, 0.5) is 0 Å². The molecule has 3 heteroatoms. The van der Waals surface area contributed by atoms with E-state index in [1.165, 1.54) is 49.8 Å². The minimum atomic E-state index is 0.639. The SMILES string of the molecule is CCN1CCCC(NCc2cccc3cccnc23)CC1. The quantitative estimate of drug-likeness (QED) is 0.934. The second-order valence-corrected chi connectivity index (χ2v) is 5.94. The third-order valence-electron chi connectivity index (χ3n) is 4.57. The molecule has 0 bridgehead atoms. The molecule has 21 heavy (non-hydrogen) atoms. The van der Waals surface area contributed by atoms with Gasteiger partial charge in [0.2, 0.25) is 0 Å². The lowest BCUT2D eigenvalue weighted by molar-refractivity contribution is 0.297. The highest BCUT2D eigenvalue weighted by Gasteiger charge is 2.15. The highest BCUT2D eigenvalue weighted by molar-refractivity contribution is 5.81. The Kier molecular flexibility index (Phi) is 4.84. The molecule has 0 amide bonds. The Hall–Kier alpha value is -1.45. The van der Waals surface area contributed by atoms with Gasteiger partial charge in [-0.25, -0.2) is 0 Å². The van der Waals surface area contributed by atoms with Gasteiger partial charge >= 0.3 is 0 Å². The molecule has 0 spiro atoms. The summed E-state index contributed by atoms with van der Waals surface area (Å²) in [6.45, 7) is 6.84.